The number of anilines is 1. The third-order valence-electron chi connectivity index (χ3n) is 3.76. The van der Waals surface area contributed by atoms with Crippen molar-refractivity contribution in [1.82, 2.24) is 5.16 Å². The van der Waals surface area contributed by atoms with Crippen LogP contribution in [0.15, 0.2) is 44.3 Å². The second-order valence-corrected chi connectivity index (χ2v) is 7.44. The van der Waals surface area contributed by atoms with Gasteiger partial charge in [0.15, 0.2) is 5.76 Å². The van der Waals surface area contributed by atoms with Crippen LogP contribution in [-0.4, -0.2) is 13.6 Å². The molecule has 0 aliphatic heterocycles. The van der Waals surface area contributed by atoms with Crippen molar-refractivity contribution in [3.63, 3.8) is 0 Å². The zero-order valence-corrected chi connectivity index (χ0v) is 14.7. The monoisotopic (exact) mass is 346 g/mol. The first-order valence-electron chi connectivity index (χ1n) is 7.40. The molecule has 126 valence electrons. The van der Waals surface area contributed by atoms with Crippen molar-refractivity contribution in [3.05, 3.63) is 52.9 Å². The fraction of sp³-hybridized carbons (Fsp3) is 0.235. The van der Waals surface area contributed by atoms with Crippen molar-refractivity contribution < 1.29 is 17.4 Å². The number of rotatable bonds is 4. The van der Waals surface area contributed by atoms with E-state index >= 15 is 0 Å². The Morgan fingerprint density at radius 3 is 2.25 bits per heavy atom. The van der Waals surface area contributed by atoms with E-state index in [2.05, 4.69) is 9.88 Å². The van der Waals surface area contributed by atoms with Crippen LogP contribution in [0.2, 0.25) is 0 Å². The van der Waals surface area contributed by atoms with Gasteiger partial charge >= 0.3 is 0 Å². The minimum atomic E-state index is -3.78. The Labute approximate surface area is 140 Å². The molecule has 0 fully saturated rings. The van der Waals surface area contributed by atoms with Crippen LogP contribution in [0.3, 0.4) is 0 Å². The number of sulfonamides is 1. The highest BCUT2D eigenvalue weighted by atomic mass is 32.2. The van der Waals surface area contributed by atoms with E-state index < -0.39 is 10.0 Å². The molecule has 0 bridgehead atoms. The van der Waals surface area contributed by atoms with Crippen LogP contribution in [0.25, 0.3) is 11.5 Å². The van der Waals surface area contributed by atoms with Gasteiger partial charge in [-0.15, -0.1) is 0 Å². The summed E-state index contributed by atoms with van der Waals surface area (Å²) in [5.74, 6) is 0.987. The van der Waals surface area contributed by atoms with Crippen LogP contribution < -0.4 is 4.72 Å². The SMILES string of the molecule is Cc1cc(C)c(NS(=O)(=O)c2cc(-c3ccno3)oc2C)c(C)c1. The van der Waals surface area contributed by atoms with Gasteiger partial charge in [0.2, 0.25) is 5.76 Å². The molecule has 0 aliphatic carbocycles. The predicted molar refractivity (Wildman–Crippen MR) is 90.4 cm³/mol. The second kappa shape index (κ2) is 5.83. The van der Waals surface area contributed by atoms with E-state index in [0.717, 1.165) is 16.7 Å². The van der Waals surface area contributed by atoms with Crippen molar-refractivity contribution >= 4 is 15.7 Å². The molecule has 1 aromatic carbocycles. The minimum Gasteiger partial charge on any atom is -0.456 e. The summed E-state index contributed by atoms with van der Waals surface area (Å²) in [6.07, 6.45) is 1.47. The molecule has 6 nitrogen and oxygen atoms in total. The predicted octanol–water partition coefficient (Wildman–Crippen LogP) is 3.97. The van der Waals surface area contributed by atoms with Gasteiger partial charge in [-0.3, -0.25) is 4.72 Å². The van der Waals surface area contributed by atoms with Gasteiger partial charge in [0.05, 0.1) is 11.9 Å². The fourth-order valence-corrected chi connectivity index (χ4v) is 4.11. The molecule has 0 aliphatic rings. The molecule has 2 heterocycles. The molecular formula is C17H18N2O4S. The lowest BCUT2D eigenvalue weighted by atomic mass is 10.1. The standard InChI is InChI=1S/C17H18N2O4S/c1-10-7-11(2)17(12(3)8-10)19-24(20,21)16-9-15(22-13(16)4)14-5-6-18-23-14/h5-9,19H,1-4H3. The van der Waals surface area contributed by atoms with E-state index in [4.69, 9.17) is 8.94 Å². The zero-order chi connectivity index (χ0) is 17.5. The Kier molecular flexibility index (Phi) is 3.96. The molecule has 3 rings (SSSR count). The molecule has 0 unspecified atom stereocenters. The number of hydrogen-bond donors (Lipinski definition) is 1. The summed E-state index contributed by atoms with van der Waals surface area (Å²) in [4.78, 5) is 0.0771. The molecule has 7 heteroatoms. The first-order chi connectivity index (χ1) is 11.3. The third-order valence-corrected chi connectivity index (χ3v) is 5.21. The van der Waals surface area contributed by atoms with Crippen molar-refractivity contribution in [3.8, 4) is 11.5 Å². The highest BCUT2D eigenvalue weighted by molar-refractivity contribution is 7.92. The maximum atomic E-state index is 12.8. The summed E-state index contributed by atoms with van der Waals surface area (Å²) in [5, 5.41) is 3.60. The van der Waals surface area contributed by atoms with E-state index in [1.807, 2.05) is 32.9 Å². The molecule has 0 radical (unpaired) electrons. The van der Waals surface area contributed by atoms with E-state index in [-0.39, 0.29) is 10.7 Å². The smallest absolute Gasteiger partial charge is 0.265 e. The largest absolute Gasteiger partial charge is 0.456 e. The fourth-order valence-electron chi connectivity index (χ4n) is 2.73. The van der Waals surface area contributed by atoms with E-state index in [1.165, 1.54) is 12.3 Å². The first-order valence-corrected chi connectivity index (χ1v) is 8.88. The number of nitrogens with one attached hydrogen (secondary N) is 1. The molecular weight excluding hydrogens is 328 g/mol. The maximum absolute atomic E-state index is 12.8. The van der Waals surface area contributed by atoms with Gasteiger partial charge in [-0.2, -0.15) is 0 Å². The average molecular weight is 346 g/mol. The Morgan fingerprint density at radius 2 is 1.67 bits per heavy atom. The number of benzene rings is 1. The van der Waals surface area contributed by atoms with E-state index in [1.54, 1.807) is 13.0 Å². The molecule has 0 atom stereocenters. The average Bonchev–Trinajstić information content (AvgIpc) is 3.12. The summed E-state index contributed by atoms with van der Waals surface area (Å²) in [7, 11) is -3.78. The van der Waals surface area contributed by atoms with E-state index in [0.29, 0.717) is 17.2 Å². The normalized spacial score (nSPS) is 11.7. The summed E-state index contributed by atoms with van der Waals surface area (Å²) in [6.45, 7) is 7.32. The van der Waals surface area contributed by atoms with Gasteiger partial charge < -0.3 is 8.94 Å². The Hall–Kier alpha value is -2.54. The highest BCUT2D eigenvalue weighted by Crippen LogP contribution is 2.31. The minimum absolute atomic E-state index is 0.0771. The number of aryl methyl sites for hydroxylation is 4. The Balaban J connectivity index is 2.00. The number of furan rings is 1. The highest BCUT2D eigenvalue weighted by Gasteiger charge is 2.24. The lowest BCUT2D eigenvalue weighted by Gasteiger charge is -2.13. The molecule has 0 saturated carbocycles. The Bertz CT molecular complexity index is 963. The number of hydrogen-bond acceptors (Lipinski definition) is 5. The van der Waals surface area contributed by atoms with Gasteiger partial charge in [0.1, 0.15) is 10.7 Å². The quantitative estimate of drug-likeness (QED) is 0.772. The van der Waals surface area contributed by atoms with Crippen LogP contribution in [0.1, 0.15) is 22.5 Å². The van der Waals surface area contributed by atoms with Gasteiger partial charge in [-0.1, -0.05) is 22.9 Å². The first kappa shape index (κ1) is 16.3. The molecule has 1 N–H and O–H groups in total. The lowest BCUT2D eigenvalue weighted by molar-refractivity contribution is 0.414. The molecule has 0 saturated heterocycles. The van der Waals surface area contributed by atoms with Crippen LogP contribution in [0, 0.1) is 27.7 Å². The van der Waals surface area contributed by atoms with Crippen LogP contribution in [-0.2, 0) is 10.0 Å². The molecule has 3 aromatic rings. The maximum Gasteiger partial charge on any atom is 0.265 e. The van der Waals surface area contributed by atoms with Gasteiger partial charge in [-0.05, 0) is 38.8 Å². The van der Waals surface area contributed by atoms with Crippen molar-refractivity contribution in [2.45, 2.75) is 32.6 Å². The van der Waals surface area contributed by atoms with Crippen molar-refractivity contribution in [1.29, 1.82) is 0 Å². The lowest BCUT2D eigenvalue weighted by Crippen LogP contribution is -2.15. The van der Waals surface area contributed by atoms with Gasteiger partial charge in [0, 0.05) is 12.1 Å². The van der Waals surface area contributed by atoms with Crippen LogP contribution in [0.5, 0.6) is 0 Å². The summed E-state index contributed by atoms with van der Waals surface area (Å²) >= 11 is 0. The molecule has 2 aromatic heterocycles. The summed E-state index contributed by atoms with van der Waals surface area (Å²) in [5.41, 5.74) is 3.41. The molecule has 0 spiro atoms. The second-order valence-electron chi connectivity index (χ2n) is 5.79. The van der Waals surface area contributed by atoms with Gasteiger partial charge in [0.25, 0.3) is 10.0 Å². The van der Waals surface area contributed by atoms with Crippen LogP contribution in [0.4, 0.5) is 5.69 Å². The van der Waals surface area contributed by atoms with Crippen molar-refractivity contribution in [2.75, 3.05) is 4.72 Å². The third kappa shape index (κ3) is 2.94. The summed E-state index contributed by atoms with van der Waals surface area (Å²) < 4.78 is 38.7. The van der Waals surface area contributed by atoms with Crippen LogP contribution >= 0.6 is 0 Å². The molecule has 24 heavy (non-hydrogen) atoms. The number of nitrogens with zero attached hydrogens (tertiary/aromatic N) is 1. The zero-order valence-electron chi connectivity index (χ0n) is 13.9. The summed E-state index contributed by atoms with van der Waals surface area (Å²) in [6, 6.07) is 6.92. The van der Waals surface area contributed by atoms with Gasteiger partial charge in [-0.25, -0.2) is 8.42 Å². The molecule has 0 amide bonds. The van der Waals surface area contributed by atoms with Crippen molar-refractivity contribution in [2.24, 2.45) is 0 Å². The number of aromatic nitrogens is 1. The van der Waals surface area contributed by atoms with E-state index in [9.17, 15) is 8.42 Å². The Morgan fingerprint density at radius 1 is 1.00 bits per heavy atom. The topological polar surface area (TPSA) is 85.3 Å².